The van der Waals surface area contributed by atoms with Crippen molar-refractivity contribution in [2.24, 2.45) is 0 Å². The minimum Gasteiger partial charge on any atom is -0.301 e. The Hall–Kier alpha value is -1.88. The van der Waals surface area contributed by atoms with Crippen molar-refractivity contribution in [1.82, 2.24) is 10.2 Å². The molecule has 1 N–H and O–H groups in total. The van der Waals surface area contributed by atoms with Crippen molar-refractivity contribution in [2.45, 2.75) is 38.6 Å². The molecule has 22 heavy (non-hydrogen) atoms. The summed E-state index contributed by atoms with van der Waals surface area (Å²) in [5.41, 5.74) is 2.12. The van der Waals surface area contributed by atoms with Gasteiger partial charge in [-0.3, -0.25) is 15.0 Å². The molecule has 5 heteroatoms. The van der Waals surface area contributed by atoms with E-state index in [4.69, 9.17) is 0 Å². The number of urea groups is 1. The highest BCUT2D eigenvalue weighted by molar-refractivity contribution is 6.12. The molecule has 2 aliphatic rings. The van der Waals surface area contributed by atoms with Crippen LogP contribution in [0.5, 0.6) is 0 Å². The van der Waals surface area contributed by atoms with E-state index in [-0.39, 0.29) is 18.5 Å². The molecule has 118 valence electrons. The van der Waals surface area contributed by atoms with E-state index < -0.39 is 0 Å². The molecule has 0 atom stereocenters. The molecule has 0 aromatic heterocycles. The second-order valence-electron chi connectivity index (χ2n) is 6.43. The highest BCUT2D eigenvalue weighted by Gasteiger charge is 2.28. The predicted molar refractivity (Wildman–Crippen MR) is 86.0 cm³/mol. The average Bonchev–Trinajstić information content (AvgIpc) is 2.86. The van der Waals surface area contributed by atoms with Crippen molar-refractivity contribution in [3.63, 3.8) is 0 Å². The molecule has 0 saturated carbocycles. The molecule has 3 amide bonds. The van der Waals surface area contributed by atoms with Gasteiger partial charge in [-0.25, -0.2) is 4.79 Å². The van der Waals surface area contributed by atoms with Gasteiger partial charge < -0.3 is 4.90 Å². The van der Waals surface area contributed by atoms with E-state index in [0.717, 1.165) is 18.8 Å². The van der Waals surface area contributed by atoms with Crippen LogP contribution in [0.15, 0.2) is 24.3 Å². The topological polar surface area (TPSA) is 52.6 Å². The Morgan fingerprint density at radius 2 is 1.73 bits per heavy atom. The van der Waals surface area contributed by atoms with Gasteiger partial charge in [0, 0.05) is 11.7 Å². The van der Waals surface area contributed by atoms with Gasteiger partial charge in [0.1, 0.15) is 6.54 Å². The van der Waals surface area contributed by atoms with Crippen molar-refractivity contribution >= 4 is 17.6 Å². The smallest absolute Gasteiger partial charge is 0.301 e. The number of hydrogen-bond donors (Lipinski definition) is 1. The lowest BCUT2D eigenvalue weighted by molar-refractivity contribution is -0.117. The molecule has 1 aromatic rings. The second-order valence-corrected chi connectivity index (χ2v) is 6.43. The molecule has 0 bridgehead atoms. The lowest BCUT2D eigenvalue weighted by Gasteiger charge is -2.34. The first-order valence-electron chi connectivity index (χ1n) is 8.00. The largest absolute Gasteiger partial charge is 0.329 e. The molecule has 2 fully saturated rings. The Bertz CT molecular complexity index is 560. The van der Waals surface area contributed by atoms with E-state index in [1.807, 2.05) is 12.1 Å². The van der Waals surface area contributed by atoms with Crippen LogP contribution in [-0.2, 0) is 4.79 Å². The Kier molecular flexibility index (Phi) is 4.16. The third kappa shape index (κ3) is 2.99. The number of hydrogen-bond acceptors (Lipinski definition) is 3. The quantitative estimate of drug-likeness (QED) is 0.872. The zero-order chi connectivity index (χ0) is 15.7. The zero-order valence-corrected chi connectivity index (χ0v) is 13.2. The van der Waals surface area contributed by atoms with E-state index in [1.165, 1.54) is 23.3 Å². The van der Waals surface area contributed by atoms with E-state index in [9.17, 15) is 9.59 Å². The molecule has 5 nitrogen and oxygen atoms in total. The number of amides is 3. The number of nitrogens with one attached hydrogen (secondary N) is 1. The van der Waals surface area contributed by atoms with E-state index in [1.54, 1.807) is 0 Å². The summed E-state index contributed by atoms with van der Waals surface area (Å²) in [5.74, 6) is 0.355. The van der Waals surface area contributed by atoms with Crippen molar-refractivity contribution in [3.05, 3.63) is 29.8 Å². The average molecular weight is 301 g/mol. The van der Waals surface area contributed by atoms with Gasteiger partial charge in [-0.1, -0.05) is 12.1 Å². The van der Waals surface area contributed by atoms with Gasteiger partial charge >= 0.3 is 6.03 Å². The zero-order valence-electron chi connectivity index (χ0n) is 13.2. The van der Waals surface area contributed by atoms with Crippen LogP contribution in [0.3, 0.4) is 0 Å². The van der Waals surface area contributed by atoms with Crippen LogP contribution in [0.4, 0.5) is 10.5 Å². The Labute approximate surface area is 131 Å². The minimum absolute atomic E-state index is 0.116. The van der Waals surface area contributed by atoms with Crippen LogP contribution in [-0.4, -0.2) is 42.5 Å². The van der Waals surface area contributed by atoms with Crippen LogP contribution >= 0.6 is 0 Å². The van der Waals surface area contributed by atoms with Crippen LogP contribution in [0.1, 0.15) is 38.2 Å². The first-order valence-corrected chi connectivity index (χ1v) is 8.00. The van der Waals surface area contributed by atoms with E-state index in [0.29, 0.717) is 12.0 Å². The number of carbonyl (C=O) groups is 2. The van der Waals surface area contributed by atoms with Crippen LogP contribution in [0, 0.1) is 0 Å². The molecular formula is C17H23N3O2. The molecule has 2 aliphatic heterocycles. The number of carbonyl (C=O) groups excluding carboxylic acids is 2. The summed E-state index contributed by atoms with van der Waals surface area (Å²) >= 11 is 0. The third-order valence-corrected chi connectivity index (χ3v) is 4.73. The highest BCUT2D eigenvalue weighted by atomic mass is 16.2. The molecule has 0 unspecified atom stereocenters. The first kappa shape index (κ1) is 15.0. The second kappa shape index (κ2) is 6.08. The summed E-state index contributed by atoms with van der Waals surface area (Å²) in [6.07, 6.45) is 2.36. The third-order valence-electron chi connectivity index (χ3n) is 4.73. The van der Waals surface area contributed by atoms with Gasteiger partial charge in [0.15, 0.2) is 0 Å². The lowest BCUT2D eigenvalue weighted by Crippen LogP contribution is -2.37. The maximum Gasteiger partial charge on any atom is 0.329 e. The maximum absolute atomic E-state index is 11.7. The summed E-state index contributed by atoms with van der Waals surface area (Å²) < 4.78 is 0. The molecule has 3 rings (SSSR count). The van der Waals surface area contributed by atoms with Gasteiger partial charge in [-0.05, 0) is 63.4 Å². The van der Waals surface area contributed by atoms with Crippen molar-refractivity contribution in [3.8, 4) is 0 Å². The number of anilines is 1. The summed E-state index contributed by atoms with van der Waals surface area (Å²) in [5, 5.41) is 2.30. The fraction of sp³-hybridized carbons (Fsp3) is 0.529. The standard InChI is InChI=1S/C17H23N3O2/c1-12(2)19-9-7-14(8-10-19)13-3-5-15(6-4-13)20-11-16(21)18-17(20)22/h3-6,12,14H,7-11H2,1-2H3,(H,18,21,22). The normalized spacial score (nSPS) is 20.8. The summed E-state index contributed by atoms with van der Waals surface area (Å²) in [7, 11) is 0. The van der Waals surface area contributed by atoms with Crippen LogP contribution in [0.2, 0.25) is 0 Å². The number of benzene rings is 1. The maximum atomic E-state index is 11.7. The van der Waals surface area contributed by atoms with E-state index >= 15 is 0 Å². The Morgan fingerprint density at radius 3 is 2.23 bits per heavy atom. The molecule has 2 heterocycles. The monoisotopic (exact) mass is 301 g/mol. The van der Waals surface area contributed by atoms with Crippen LogP contribution in [0.25, 0.3) is 0 Å². The fourth-order valence-corrected chi connectivity index (χ4v) is 3.33. The number of nitrogens with zero attached hydrogens (tertiary/aromatic N) is 2. The molecular weight excluding hydrogens is 278 g/mol. The Morgan fingerprint density at radius 1 is 1.09 bits per heavy atom. The molecule has 0 spiro atoms. The van der Waals surface area contributed by atoms with Crippen LogP contribution < -0.4 is 10.2 Å². The molecule has 0 radical (unpaired) electrons. The lowest BCUT2D eigenvalue weighted by atomic mass is 9.89. The van der Waals surface area contributed by atoms with Gasteiger partial charge in [0.25, 0.3) is 0 Å². The number of imide groups is 1. The van der Waals surface area contributed by atoms with Crippen molar-refractivity contribution < 1.29 is 9.59 Å². The summed E-state index contributed by atoms with van der Waals surface area (Å²) in [6, 6.07) is 8.38. The van der Waals surface area contributed by atoms with Gasteiger partial charge in [0.05, 0.1) is 0 Å². The molecule has 0 aliphatic carbocycles. The van der Waals surface area contributed by atoms with Crippen molar-refractivity contribution in [1.29, 1.82) is 0 Å². The van der Waals surface area contributed by atoms with Gasteiger partial charge in [-0.2, -0.15) is 0 Å². The first-order chi connectivity index (χ1) is 10.5. The number of likely N-dealkylation sites (tertiary alicyclic amines) is 1. The summed E-state index contributed by atoms with van der Waals surface area (Å²) in [6.45, 7) is 6.90. The number of piperidine rings is 1. The number of rotatable bonds is 3. The fourth-order valence-electron chi connectivity index (χ4n) is 3.33. The minimum atomic E-state index is -0.331. The van der Waals surface area contributed by atoms with Gasteiger partial charge in [0.2, 0.25) is 5.91 Å². The molecule has 2 saturated heterocycles. The Balaban J connectivity index is 1.65. The van der Waals surface area contributed by atoms with E-state index in [2.05, 4.69) is 36.2 Å². The summed E-state index contributed by atoms with van der Waals surface area (Å²) in [4.78, 5) is 26.9. The SMILES string of the molecule is CC(C)N1CCC(c2ccc(N3CC(=O)NC3=O)cc2)CC1. The predicted octanol–water partition coefficient (Wildman–Crippen LogP) is 2.33. The highest BCUT2D eigenvalue weighted by Crippen LogP contribution is 2.30. The van der Waals surface area contributed by atoms with Gasteiger partial charge in [-0.15, -0.1) is 0 Å². The molecule has 1 aromatic carbocycles. The van der Waals surface area contributed by atoms with Crippen molar-refractivity contribution in [2.75, 3.05) is 24.5 Å².